The Morgan fingerprint density at radius 3 is 2.25 bits per heavy atom. The summed E-state index contributed by atoms with van der Waals surface area (Å²) in [6, 6.07) is 21.6. The molecule has 0 radical (unpaired) electrons. The molecule has 0 aliphatic carbocycles. The van der Waals surface area contributed by atoms with Crippen LogP contribution >= 0.6 is 0 Å². The third-order valence-electron chi connectivity index (χ3n) is 5.37. The summed E-state index contributed by atoms with van der Waals surface area (Å²) >= 11 is 0. The normalized spacial score (nSPS) is 11.6. The third kappa shape index (κ3) is 5.15. The van der Waals surface area contributed by atoms with Crippen molar-refractivity contribution in [3.05, 3.63) is 110 Å². The van der Waals surface area contributed by atoms with Crippen molar-refractivity contribution in [2.75, 3.05) is 0 Å². The molecule has 0 aliphatic rings. The van der Waals surface area contributed by atoms with Crippen LogP contribution in [0, 0.1) is 13.8 Å². The molecule has 4 rings (SSSR count). The first kappa shape index (κ1) is 23.9. The molecule has 3 aromatic carbocycles. The Kier molecular flexibility index (Phi) is 7.61. The summed E-state index contributed by atoms with van der Waals surface area (Å²) in [5.41, 5.74) is 6.12. The molecular weight excluding hydrogens is 415 g/mol. The maximum Gasteiger partial charge on any atom is 1.00 e. The first-order chi connectivity index (χ1) is 14.9. The van der Waals surface area contributed by atoms with E-state index >= 15 is 0 Å². The van der Waals surface area contributed by atoms with Crippen LogP contribution in [0.1, 0.15) is 35.2 Å². The molecule has 1 heterocycles. The van der Waals surface area contributed by atoms with Gasteiger partial charge < -0.3 is 14.2 Å². The minimum absolute atomic E-state index is 0. The number of aromatic nitrogens is 2. The second-order valence-corrected chi connectivity index (χ2v) is 7.58. The maximum atomic E-state index is 11.7. The fraction of sp³-hybridized carbons (Fsp3) is 0.200. The van der Waals surface area contributed by atoms with Gasteiger partial charge in [-0.1, -0.05) is 55.5 Å². The summed E-state index contributed by atoms with van der Waals surface area (Å²) < 4.78 is 11.8. The predicted molar refractivity (Wildman–Crippen MR) is 118 cm³/mol. The molecule has 4 aromatic rings. The van der Waals surface area contributed by atoms with E-state index in [2.05, 4.69) is 49.2 Å². The van der Waals surface area contributed by atoms with E-state index in [0.717, 1.165) is 15.9 Å². The van der Waals surface area contributed by atoms with Crippen LogP contribution in [0.25, 0.3) is 11.1 Å². The average molecular weight is 438 g/mol. The molecule has 0 saturated carbocycles. The van der Waals surface area contributed by atoms with Crippen molar-refractivity contribution in [1.82, 2.24) is 9.72 Å². The first-order valence-electron chi connectivity index (χ1n) is 10.1. The Labute approximate surface area is 208 Å². The predicted octanol–water partition coefficient (Wildman–Crippen LogP) is 1.23. The number of rotatable bonds is 6. The molecular formula is C25H23N2NaO4. The fourth-order valence-corrected chi connectivity index (χ4v) is 3.75. The number of hydrogen-bond donors (Lipinski definition) is 0. The minimum Gasteiger partial charge on any atom is -0.489 e. The molecule has 0 spiro atoms. The molecule has 32 heavy (non-hydrogen) atoms. The zero-order valence-electron chi connectivity index (χ0n) is 18.7. The number of ether oxygens (including phenoxy) is 1. The van der Waals surface area contributed by atoms with Crippen molar-refractivity contribution in [2.45, 2.75) is 33.4 Å². The van der Waals surface area contributed by atoms with Crippen molar-refractivity contribution in [3.63, 3.8) is 0 Å². The molecule has 1 atom stereocenters. The summed E-state index contributed by atoms with van der Waals surface area (Å²) in [5, 5.41) is 0. The van der Waals surface area contributed by atoms with Gasteiger partial charge in [-0.15, -0.1) is 0 Å². The summed E-state index contributed by atoms with van der Waals surface area (Å²) in [4.78, 5) is 26.1. The van der Waals surface area contributed by atoms with Gasteiger partial charge in [-0.25, -0.2) is 4.79 Å². The molecule has 1 aromatic heterocycles. The van der Waals surface area contributed by atoms with Crippen LogP contribution in [-0.4, -0.2) is 4.74 Å². The third-order valence-corrected chi connectivity index (χ3v) is 5.37. The summed E-state index contributed by atoms with van der Waals surface area (Å²) in [6.45, 7) is 6.45. The zero-order chi connectivity index (χ0) is 22.0. The van der Waals surface area contributed by atoms with Crippen LogP contribution in [0.2, 0.25) is 0 Å². The molecule has 0 bridgehead atoms. The summed E-state index contributed by atoms with van der Waals surface area (Å²) in [6.07, 6.45) is 0. The Morgan fingerprint density at radius 2 is 1.62 bits per heavy atom. The summed E-state index contributed by atoms with van der Waals surface area (Å²) in [7, 11) is 0. The minimum atomic E-state index is -0.889. The van der Waals surface area contributed by atoms with Gasteiger partial charge in [0.1, 0.15) is 12.4 Å². The van der Waals surface area contributed by atoms with Gasteiger partial charge in [-0.05, 0) is 65.4 Å². The summed E-state index contributed by atoms with van der Waals surface area (Å²) in [5.74, 6) is -0.178. The Morgan fingerprint density at radius 1 is 0.969 bits per heavy atom. The van der Waals surface area contributed by atoms with Crippen molar-refractivity contribution >= 4 is 0 Å². The first-order valence-corrected chi connectivity index (χ1v) is 10.1. The van der Waals surface area contributed by atoms with Crippen LogP contribution in [-0.2, 0) is 6.61 Å². The van der Waals surface area contributed by atoms with Crippen LogP contribution in [0.15, 0.2) is 80.8 Å². The van der Waals surface area contributed by atoms with Gasteiger partial charge in [0.25, 0.3) is 0 Å². The molecule has 7 heteroatoms. The zero-order valence-corrected chi connectivity index (χ0v) is 20.7. The Hall–Kier alpha value is -2.80. The number of nitrogens with zero attached hydrogens (tertiary/aromatic N) is 2. The molecule has 0 amide bonds. The average Bonchev–Trinajstić information content (AvgIpc) is 3.10. The molecule has 6 nitrogen and oxygen atoms in total. The van der Waals surface area contributed by atoms with E-state index in [9.17, 15) is 9.59 Å². The van der Waals surface area contributed by atoms with Crippen molar-refractivity contribution in [1.29, 1.82) is 0 Å². The van der Waals surface area contributed by atoms with E-state index < -0.39 is 17.5 Å². The fourth-order valence-electron chi connectivity index (χ4n) is 3.75. The standard InChI is InChI=1S/C25H24N2O4.Na/c1-16-6-4-7-17(2)23(16)21-9-5-8-19(14-21)15-30-22-12-10-20(11-13-22)18(3)27-24(28)26-25(29)31-27;/h4-14,18H,15H2,1-3H3,(H,26,28,29);/q;+1/p-1. The molecule has 1 unspecified atom stereocenters. The Balaban J connectivity index is 0.00000289. The van der Waals surface area contributed by atoms with E-state index in [0.29, 0.717) is 12.4 Å². The van der Waals surface area contributed by atoms with Crippen molar-refractivity contribution in [3.8, 4) is 16.9 Å². The second kappa shape index (κ2) is 10.2. The van der Waals surface area contributed by atoms with E-state index in [1.165, 1.54) is 22.3 Å². The van der Waals surface area contributed by atoms with Crippen LogP contribution in [0.5, 0.6) is 5.75 Å². The van der Waals surface area contributed by atoms with Gasteiger partial charge in [0.15, 0.2) is 5.69 Å². The second-order valence-electron chi connectivity index (χ2n) is 7.58. The SMILES string of the molecule is Cc1cccc(C)c1-c1cccc(COc2ccc(C(C)n3oc(=O)[n-]c3=O)cc2)c1.[Na+]. The van der Waals surface area contributed by atoms with Gasteiger partial charge in [0.2, 0.25) is 0 Å². The van der Waals surface area contributed by atoms with E-state index in [1.807, 2.05) is 36.4 Å². The van der Waals surface area contributed by atoms with E-state index in [4.69, 9.17) is 9.26 Å². The van der Waals surface area contributed by atoms with Crippen LogP contribution < -0.4 is 50.7 Å². The molecule has 158 valence electrons. The number of hydrogen-bond acceptors (Lipinski definition) is 4. The van der Waals surface area contributed by atoms with Gasteiger partial charge >= 0.3 is 35.3 Å². The smallest absolute Gasteiger partial charge is 0.489 e. The van der Waals surface area contributed by atoms with Crippen molar-refractivity contribution < 1.29 is 38.8 Å². The van der Waals surface area contributed by atoms with Gasteiger partial charge in [0.05, 0.1) is 0 Å². The molecule has 0 saturated heterocycles. The number of benzene rings is 3. The molecule has 0 N–H and O–H groups in total. The number of aryl methyl sites for hydroxylation is 2. The van der Waals surface area contributed by atoms with Crippen LogP contribution in [0.4, 0.5) is 0 Å². The van der Waals surface area contributed by atoms with Gasteiger partial charge in [-0.2, -0.15) is 0 Å². The topological polar surface area (TPSA) is 75.5 Å². The molecule has 0 fully saturated rings. The Bertz CT molecular complexity index is 1300. The largest absolute Gasteiger partial charge is 1.00 e. The molecule has 0 aliphatic heterocycles. The quantitative estimate of drug-likeness (QED) is 0.424. The van der Waals surface area contributed by atoms with E-state index in [-0.39, 0.29) is 29.6 Å². The van der Waals surface area contributed by atoms with E-state index in [1.54, 1.807) is 6.92 Å². The van der Waals surface area contributed by atoms with Crippen LogP contribution in [0.3, 0.4) is 0 Å². The van der Waals surface area contributed by atoms with Gasteiger partial charge in [-0.3, -0.25) is 9.53 Å². The monoisotopic (exact) mass is 438 g/mol. The van der Waals surface area contributed by atoms with Crippen molar-refractivity contribution in [2.24, 2.45) is 0 Å². The maximum absolute atomic E-state index is 11.7. The van der Waals surface area contributed by atoms with Gasteiger partial charge in [0, 0.05) is 6.04 Å².